The van der Waals surface area contributed by atoms with Crippen molar-refractivity contribution in [1.82, 2.24) is 25.3 Å². The van der Waals surface area contributed by atoms with Crippen molar-refractivity contribution >= 4 is 11.8 Å². The molecule has 2 N–H and O–H groups in total. The first-order valence-corrected chi connectivity index (χ1v) is 11.2. The van der Waals surface area contributed by atoms with E-state index in [1.165, 1.54) is 0 Å². The van der Waals surface area contributed by atoms with Crippen LogP contribution in [0.2, 0.25) is 0 Å². The zero-order chi connectivity index (χ0) is 21.0. The van der Waals surface area contributed by atoms with E-state index in [0.717, 1.165) is 37.8 Å². The Bertz CT molecular complexity index is 716. The summed E-state index contributed by atoms with van der Waals surface area (Å²) in [6, 6.07) is 2.48. The Kier molecular flexibility index (Phi) is 6.98. The van der Waals surface area contributed by atoms with Crippen LogP contribution in [0.15, 0.2) is 12.3 Å². The first kappa shape index (κ1) is 21.8. The van der Waals surface area contributed by atoms with Crippen LogP contribution in [0.5, 0.6) is 0 Å². The van der Waals surface area contributed by atoms with E-state index in [4.69, 9.17) is 0 Å². The smallest absolute Gasteiger partial charge is 0.234 e. The molecule has 3 atom stereocenters. The van der Waals surface area contributed by atoms with Crippen molar-refractivity contribution in [2.24, 2.45) is 11.3 Å². The molecule has 7 heteroatoms. The summed E-state index contributed by atoms with van der Waals surface area (Å²) in [5.41, 5.74) is 0.610. The third-order valence-electron chi connectivity index (χ3n) is 6.60. The number of amides is 2. The van der Waals surface area contributed by atoms with Gasteiger partial charge in [0.2, 0.25) is 11.8 Å². The molecule has 162 valence electrons. The lowest BCUT2D eigenvalue weighted by atomic mass is 9.69. The van der Waals surface area contributed by atoms with Crippen LogP contribution in [0.3, 0.4) is 0 Å². The number of carbonyl (C=O) groups is 2. The lowest BCUT2D eigenvalue weighted by Gasteiger charge is -2.37. The molecule has 0 aliphatic carbocycles. The summed E-state index contributed by atoms with van der Waals surface area (Å²) in [4.78, 5) is 28.0. The van der Waals surface area contributed by atoms with Gasteiger partial charge in [0.1, 0.15) is 0 Å². The highest BCUT2D eigenvalue weighted by Crippen LogP contribution is 2.52. The van der Waals surface area contributed by atoms with Gasteiger partial charge in [-0.1, -0.05) is 13.8 Å². The predicted octanol–water partition coefficient (Wildman–Crippen LogP) is 2.10. The van der Waals surface area contributed by atoms with Gasteiger partial charge < -0.3 is 10.6 Å². The highest BCUT2D eigenvalue weighted by molar-refractivity contribution is 5.85. The first-order valence-electron chi connectivity index (χ1n) is 11.2. The van der Waals surface area contributed by atoms with Gasteiger partial charge in [-0.05, 0) is 57.9 Å². The Morgan fingerprint density at radius 2 is 2.10 bits per heavy atom. The van der Waals surface area contributed by atoms with Gasteiger partial charge in [-0.25, -0.2) is 0 Å². The lowest BCUT2D eigenvalue weighted by Crippen LogP contribution is -2.50. The fraction of sp³-hybridized carbons (Fsp3) is 0.773. The van der Waals surface area contributed by atoms with Crippen molar-refractivity contribution in [1.29, 1.82) is 0 Å². The third-order valence-corrected chi connectivity index (χ3v) is 6.60. The summed E-state index contributed by atoms with van der Waals surface area (Å²) in [6.07, 6.45) is 6.84. The molecule has 2 aliphatic heterocycles. The molecule has 2 bridgehead atoms. The van der Waals surface area contributed by atoms with E-state index in [9.17, 15) is 9.59 Å². The summed E-state index contributed by atoms with van der Waals surface area (Å²) in [5.74, 6) is 0.788. The zero-order valence-corrected chi connectivity index (χ0v) is 18.4. The van der Waals surface area contributed by atoms with E-state index in [0.29, 0.717) is 38.1 Å². The number of aromatic nitrogens is 2. The third kappa shape index (κ3) is 4.82. The number of likely N-dealkylation sites (N-methyl/N-ethyl adjacent to an activating group) is 1. The average molecular weight is 404 g/mol. The van der Waals surface area contributed by atoms with Crippen LogP contribution in [0.25, 0.3) is 0 Å². The highest BCUT2D eigenvalue weighted by Gasteiger charge is 2.59. The Balaban J connectivity index is 1.68. The van der Waals surface area contributed by atoms with Gasteiger partial charge in [0.15, 0.2) is 0 Å². The standard InChI is InChI=1S/C22H37N5O2/c1-5-23-20(28)15-27-18-6-7-19(27)22(14-18,10-8-16(2)3)21(29)24-11-13-26-12-9-17(4)25-26/h9,12,16,18-19H,5-8,10-11,13-15H2,1-4H3,(H,23,28)(H,24,29)/t18-,19+,22+/m1/s1. The molecular formula is C22H37N5O2. The van der Waals surface area contributed by atoms with Gasteiger partial charge >= 0.3 is 0 Å². The van der Waals surface area contributed by atoms with Crippen molar-refractivity contribution in [3.8, 4) is 0 Å². The molecule has 2 amide bonds. The van der Waals surface area contributed by atoms with Gasteiger partial charge in [0.05, 0.1) is 24.2 Å². The molecule has 2 aliphatic rings. The van der Waals surface area contributed by atoms with Crippen LogP contribution >= 0.6 is 0 Å². The fourth-order valence-corrected chi connectivity index (χ4v) is 5.18. The molecule has 3 rings (SSSR count). The quantitative estimate of drug-likeness (QED) is 0.627. The Morgan fingerprint density at radius 3 is 2.76 bits per heavy atom. The largest absolute Gasteiger partial charge is 0.355 e. The Hall–Kier alpha value is -1.89. The monoisotopic (exact) mass is 403 g/mol. The maximum absolute atomic E-state index is 13.5. The molecule has 3 heterocycles. The number of hydrogen-bond acceptors (Lipinski definition) is 4. The van der Waals surface area contributed by atoms with Gasteiger partial charge in [-0.3, -0.25) is 19.2 Å². The van der Waals surface area contributed by atoms with Gasteiger partial charge in [-0.2, -0.15) is 5.10 Å². The molecule has 0 aromatic carbocycles. The number of nitrogens with one attached hydrogen (secondary N) is 2. The Labute approximate surface area is 174 Å². The highest BCUT2D eigenvalue weighted by atomic mass is 16.2. The summed E-state index contributed by atoms with van der Waals surface area (Å²) >= 11 is 0. The van der Waals surface area contributed by atoms with Crippen LogP contribution in [-0.2, 0) is 16.1 Å². The van der Waals surface area contributed by atoms with Crippen molar-refractivity contribution in [2.45, 2.75) is 78.4 Å². The van der Waals surface area contributed by atoms with Crippen LogP contribution in [0.4, 0.5) is 0 Å². The van der Waals surface area contributed by atoms with Gasteiger partial charge in [0, 0.05) is 31.4 Å². The summed E-state index contributed by atoms with van der Waals surface area (Å²) in [6.45, 7) is 10.6. The van der Waals surface area contributed by atoms with Crippen molar-refractivity contribution in [3.05, 3.63) is 18.0 Å². The molecule has 2 saturated heterocycles. The molecular weight excluding hydrogens is 366 g/mol. The number of aryl methyl sites for hydroxylation is 1. The SMILES string of the molecule is CCNC(=O)CN1[C@@H]2CC[C@H]1[C@@](CCC(C)C)(C(=O)NCCn1ccc(C)n1)C2. The first-order chi connectivity index (χ1) is 13.9. The number of rotatable bonds is 10. The van der Waals surface area contributed by atoms with Gasteiger partial charge in [-0.15, -0.1) is 0 Å². The minimum absolute atomic E-state index is 0.0681. The summed E-state index contributed by atoms with van der Waals surface area (Å²) < 4.78 is 1.87. The summed E-state index contributed by atoms with van der Waals surface area (Å²) in [5, 5.41) is 10.5. The van der Waals surface area contributed by atoms with E-state index in [-0.39, 0.29) is 23.3 Å². The molecule has 0 unspecified atom stereocenters. The molecule has 29 heavy (non-hydrogen) atoms. The van der Waals surface area contributed by atoms with E-state index in [2.05, 4.69) is 34.5 Å². The average Bonchev–Trinajstić information content (AvgIpc) is 3.34. The minimum Gasteiger partial charge on any atom is -0.355 e. The topological polar surface area (TPSA) is 79.3 Å². The second-order valence-corrected chi connectivity index (χ2v) is 9.14. The van der Waals surface area contributed by atoms with Crippen molar-refractivity contribution in [3.63, 3.8) is 0 Å². The minimum atomic E-state index is -0.375. The van der Waals surface area contributed by atoms with Crippen LogP contribution < -0.4 is 10.6 Å². The van der Waals surface area contributed by atoms with Gasteiger partial charge in [0.25, 0.3) is 0 Å². The number of hydrogen-bond donors (Lipinski definition) is 2. The second-order valence-electron chi connectivity index (χ2n) is 9.14. The normalized spacial score (nSPS) is 26.2. The maximum atomic E-state index is 13.5. The summed E-state index contributed by atoms with van der Waals surface area (Å²) in [7, 11) is 0. The van der Waals surface area contributed by atoms with Crippen molar-refractivity contribution in [2.75, 3.05) is 19.6 Å². The lowest BCUT2D eigenvalue weighted by molar-refractivity contribution is -0.134. The fourth-order valence-electron chi connectivity index (χ4n) is 5.18. The van der Waals surface area contributed by atoms with Crippen LogP contribution in [0, 0.1) is 18.3 Å². The Morgan fingerprint density at radius 1 is 1.31 bits per heavy atom. The number of fused-ring (bicyclic) bond motifs is 2. The molecule has 1 aromatic heterocycles. The van der Waals surface area contributed by atoms with Crippen LogP contribution in [0.1, 0.15) is 58.6 Å². The van der Waals surface area contributed by atoms with Crippen LogP contribution in [-0.4, -0.2) is 58.2 Å². The van der Waals surface area contributed by atoms with E-state index in [1.807, 2.05) is 30.8 Å². The zero-order valence-electron chi connectivity index (χ0n) is 18.4. The number of nitrogens with zero attached hydrogens (tertiary/aromatic N) is 3. The van der Waals surface area contributed by atoms with Crippen molar-refractivity contribution < 1.29 is 9.59 Å². The number of carbonyl (C=O) groups excluding carboxylic acids is 2. The maximum Gasteiger partial charge on any atom is 0.234 e. The van der Waals surface area contributed by atoms with E-state index >= 15 is 0 Å². The predicted molar refractivity (Wildman–Crippen MR) is 113 cm³/mol. The molecule has 0 spiro atoms. The molecule has 7 nitrogen and oxygen atoms in total. The molecule has 2 fully saturated rings. The van der Waals surface area contributed by atoms with E-state index < -0.39 is 0 Å². The second kappa shape index (κ2) is 9.28. The molecule has 0 radical (unpaired) electrons. The molecule has 0 saturated carbocycles. The van der Waals surface area contributed by atoms with E-state index in [1.54, 1.807) is 0 Å². The molecule has 1 aromatic rings.